The monoisotopic (exact) mass is 398 g/mol. The molecule has 2 N–H and O–H groups in total. The van der Waals surface area contributed by atoms with Crippen LogP contribution in [0.15, 0.2) is 56.1 Å². The normalized spacial score (nSPS) is 11.1. The highest BCUT2D eigenvalue weighted by atomic mass is 32.2. The Bertz CT molecular complexity index is 1190. The maximum Gasteiger partial charge on any atom is 0.371 e. The van der Waals surface area contributed by atoms with E-state index < -0.39 is 5.97 Å². The predicted octanol–water partition coefficient (Wildman–Crippen LogP) is 4.54. The van der Waals surface area contributed by atoms with E-state index in [9.17, 15) is 9.59 Å². The molecule has 0 fully saturated rings. The number of benzene rings is 1. The van der Waals surface area contributed by atoms with E-state index in [0.29, 0.717) is 26.9 Å². The van der Waals surface area contributed by atoms with Gasteiger partial charge >= 0.3 is 5.97 Å². The number of carboxylic acid groups (broad SMARTS) is 1. The van der Waals surface area contributed by atoms with E-state index in [1.54, 1.807) is 6.07 Å². The number of rotatable bonds is 5. The first-order chi connectivity index (χ1) is 13.0. The Morgan fingerprint density at radius 2 is 2.04 bits per heavy atom. The van der Waals surface area contributed by atoms with Crippen LogP contribution in [0.1, 0.15) is 21.9 Å². The SMILES string of the molecule is Cc1ccc(-c2csc3nc(SCc4ccc(C(=O)O)o4)[nH]c(=O)c23)cc1. The summed E-state index contributed by atoms with van der Waals surface area (Å²) in [6.07, 6.45) is 0. The number of carbonyl (C=O) groups is 1. The van der Waals surface area contributed by atoms with Gasteiger partial charge in [0.25, 0.3) is 5.56 Å². The fraction of sp³-hybridized carbons (Fsp3) is 0.105. The number of carboxylic acids is 1. The summed E-state index contributed by atoms with van der Waals surface area (Å²) in [4.78, 5) is 31.5. The van der Waals surface area contributed by atoms with E-state index in [0.717, 1.165) is 16.7 Å². The predicted molar refractivity (Wildman–Crippen MR) is 106 cm³/mol. The molecule has 0 aliphatic heterocycles. The zero-order chi connectivity index (χ0) is 19.0. The highest BCUT2D eigenvalue weighted by Crippen LogP contribution is 2.32. The second-order valence-electron chi connectivity index (χ2n) is 5.93. The van der Waals surface area contributed by atoms with E-state index in [2.05, 4.69) is 9.97 Å². The lowest BCUT2D eigenvalue weighted by atomic mass is 10.1. The standard InChI is InChI=1S/C19H14N2O4S2/c1-10-2-4-11(5-3-10)13-9-26-17-15(13)16(22)20-19(21-17)27-8-12-6-7-14(25-12)18(23)24/h2-7,9H,8H2,1H3,(H,23,24)(H,20,21,22). The fourth-order valence-electron chi connectivity index (χ4n) is 2.65. The number of nitrogens with zero attached hydrogens (tertiary/aromatic N) is 1. The number of hydrogen-bond donors (Lipinski definition) is 2. The third-order valence-electron chi connectivity index (χ3n) is 4.01. The van der Waals surface area contributed by atoms with Crippen LogP contribution in [-0.4, -0.2) is 21.0 Å². The quantitative estimate of drug-likeness (QED) is 0.378. The fourth-order valence-corrected chi connectivity index (χ4v) is 4.41. The van der Waals surface area contributed by atoms with Crippen molar-refractivity contribution < 1.29 is 14.3 Å². The zero-order valence-corrected chi connectivity index (χ0v) is 15.8. The minimum Gasteiger partial charge on any atom is -0.475 e. The molecule has 3 heterocycles. The van der Waals surface area contributed by atoms with Crippen molar-refractivity contribution in [1.29, 1.82) is 0 Å². The van der Waals surface area contributed by atoms with Crippen LogP contribution in [0.5, 0.6) is 0 Å². The summed E-state index contributed by atoms with van der Waals surface area (Å²) in [5.74, 6) is -0.339. The summed E-state index contributed by atoms with van der Waals surface area (Å²) in [5, 5.41) is 11.9. The van der Waals surface area contributed by atoms with Crippen molar-refractivity contribution in [3.63, 3.8) is 0 Å². The number of H-pyrrole nitrogens is 1. The Balaban J connectivity index is 1.61. The summed E-state index contributed by atoms with van der Waals surface area (Å²) < 4.78 is 5.22. The molecule has 0 aliphatic rings. The van der Waals surface area contributed by atoms with Gasteiger partial charge in [0.15, 0.2) is 5.16 Å². The van der Waals surface area contributed by atoms with Crippen molar-refractivity contribution in [2.75, 3.05) is 0 Å². The number of hydrogen-bond acceptors (Lipinski definition) is 6. The lowest BCUT2D eigenvalue weighted by molar-refractivity contribution is 0.0661. The molecule has 136 valence electrons. The topological polar surface area (TPSA) is 96.2 Å². The molecule has 6 nitrogen and oxygen atoms in total. The summed E-state index contributed by atoms with van der Waals surface area (Å²) >= 11 is 2.71. The number of fused-ring (bicyclic) bond motifs is 1. The van der Waals surface area contributed by atoms with E-state index >= 15 is 0 Å². The third kappa shape index (κ3) is 3.54. The minimum absolute atomic E-state index is 0.108. The average molecular weight is 398 g/mol. The minimum atomic E-state index is -1.11. The summed E-state index contributed by atoms with van der Waals surface area (Å²) in [6.45, 7) is 2.02. The van der Waals surface area contributed by atoms with Gasteiger partial charge in [0.2, 0.25) is 5.76 Å². The van der Waals surface area contributed by atoms with Gasteiger partial charge in [0.1, 0.15) is 10.6 Å². The zero-order valence-electron chi connectivity index (χ0n) is 14.2. The van der Waals surface area contributed by atoms with Crippen molar-refractivity contribution >= 4 is 39.3 Å². The number of aromatic carboxylic acids is 1. The number of furan rings is 1. The van der Waals surface area contributed by atoms with E-state index in [1.807, 2.05) is 36.6 Å². The molecule has 0 bridgehead atoms. The highest BCUT2D eigenvalue weighted by molar-refractivity contribution is 7.98. The molecule has 4 aromatic rings. The van der Waals surface area contributed by atoms with Crippen LogP contribution in [-0.2, 0) is 5.75 Å². The molecule has 1 aromatic carbocycles. The first kappa shape index (κ1) is 17.6. The first-order valence-corrected chi connectivity index (χ1v) is 9.91. The largest absolute Gasteiger partial charge is 0.475 e. The molecule has 8 heteroatoms. The molecule has 4 rings (SSSR count). The number of aromatic amines is 1. The smallest absolute Gasteiger partial charge is 0.371 e. The molecule has 0 radical (unpaired) electrons. The van der Waals surface area contributed by atoms with Gasteiger partial charge in [-0.2, -0.15) is 0 Å². The molecule has 0 unspecified atom stereocenters. The molecule has 0 aliphatic carbocycles. The molecule has 0 amide bonds. The molecule has 3 aromatic heterocycles. The van der Waals surface area contributed by atoms with Crippen LogP contribution < -0.4 is 5.56 Å². The van der Waals surface area contributed by atoms with Crippen LogP contribution in [0.2, 0.25) is 0 Å². The summed E-state index contributed by atoms with van der Waals surface area (Å²) in [7, 11) is 0. The molecule has 0 spiro atoms. The van der Waals surface area contributed by atoms with E-state index in [4.69, 9.17) is 9.52 Å². The number of nitrogens with one attached hydrogen (secondary N) is 1. The molecular weight excluding hydrogens is 384 g/mol. The van der Waals surface area contributed by atoms with Crippen LogP contribution in [0.3, 0.4) is 0 Å². The van der Waals surface area contributed by atoms with Crippen LogP contribution in [0, 0.1) is 6.92 Å². The van der Waals surface area contributed by atoms with Gasteiger partial charge in [-0.25, -0.2) is 9.78 Å². The van der Waals surface area contributed by atoms with Crippen LogP contribution >= 0.6 is 23.1 Å². The van der Waals surface area contributed by atoms with Crippen molar-refractivity contribution in [3.8, 4) is 11.1 Å². The molecular formula is C19H14N2O4S2. The van der Waals surface area contributed by atoms with Crippen LogP contribution in [0.4, 0.5) is 0 Å². The number of thiophene rings is 1. The molecule has 0 atom stereocenters. The van der Waals surface area contributed by atoms with E-state index in [-0.39, 0.29) is 11.3 Å². The Kier molecular flexibility index (Phi) is 4.59. The maximum absolute atomic E-state index is 12.6. The van der Waals surface area contributed by atoms with Crippen molar-refractivity contribution in [2.45, 2.75) is 17.8 Å². The third-order valence-corrected chi connectivity index (χ3v) is 5.78. The summed E-state index contributed by atoms with van der Waals surface area (Å²) in [5.41, 5.74) is 2.83. The number of thioether (sulfide) groups is 1. The number of aryl methyl sites for hydroxylation is 1. The van der Waals surface area contributed by atoms with Gasteiger partial charge in [-0.15, -0.1) is 11.3 Å². The molecule has 27 heavy (non-hydrogen) atoms. The Morgan fingerprint density at radius 3 is 2.74 bits per heavy atom. The second kappa shape index (κ2) is 7.05. The van der Waals surface area contributed by atoms with Crippen molar-refractivity contribution in [1.82, 2.24) is 9.97 Å². The van der Waals surface area contributed by atoms with Gasteiger partial charge in [-0.3, -0.25) is 4.79 Å². The number of aromatic nitrogens is 2. The molecule has 0 saturated heterocycles. The van der Waals surface area contributed by atoms with Gasteiger partial charge in [0.05, 0.1) is 11.1 Å². The van der Waals surface area contributed by atoms with Gasteiger partial charge in [-0.05, 0) is 24.6 Å². The van der Waals surface area contributed by atoms with Gasteiger partial charge in [-0.1, -0.05) is 41.6 Å². The Labute approximate surface area is 161 Å². The Morgan fingerprint density at radius 1 is 1.26 bits per heavy atom. The Hall–Kier alpha value is -2.84. The van der Waals surface area contributed by atoms with Crippen molar-refractivity contribution in [3.05, 3.63) is 69.2 Å². The molecule has 0 saturated carbocycles. The van der Waals surface area contributed by atoms with Gasteiger partial charge < -0.3 is 14.5 Å². The van der Waals surface area contributed by atoms with Gasteiger partial charge in [0, 0.05) is 10.9 Å². The maximum atomic E-state index is 12.6. The van der Waals surface area contributed by atoms with E-state index in [1.165, 1.54) is 29.2 Å². The average Bonchev–Trinajstić information content (AvgIpc) is 3.28. The van der Waals surface area contributed by atoms with Crippen LogP contribution in [0.25, 0.3) is 21.3 Å². The van der Waals surface area contributed by atoms with Crippen molar-refractivity contribution in [2.24, 2.45) is 0 Å². The second-order valence-corrected chi connectivity index (χ2v) is 7.75. The highest BCUT2D eigenvalue weighted by Gasteiger charge is 2.14. The lowest BCUT2D eigenvalue weighted by Crippen LogP contribution is -2.08. The first-order valence-electron chi connectivity index (χ1n) is 8.04. The lowest BCUT2D eigenvalue weighted by Gasteiger charge is -2.02. The summed E-state index contributed by atoms with van der Waals surface area (Å²) in [6, 6.07) is 11.0.